The van der Waals surface area contributed by atoms with Gasteiger partial charge in [-0.05, 0) is 5.56 Å². The van der Waals surface area contributed by atoms with Crippen molar-refractivity contribution < 1.29 is 4.79 Å². The zero-order valence-corrected chi connectivity index (χ0v) is 11.8. The Balaban J connectivity index is 2.19. The summed E-state index contributed by atoms with van der Waals surface area (Å²) in [5, 5.41) is 9.01. The third-order valence-corrected chi connectivity index (χ3v) is 3.64. The second-order valence-corrected chi connectivity index (χ2v) is 5.16. The molecule has 6 heteroatoms. The number of hydrogen-bond donors (Lipinski definition) is 1. The normalized spacial score (nSPS) is 10.4. The fourth-order valence-corrected chi connectivity index (χ4v) is 2.49. The molecule has 0 unspecified atom stereocenters. The molecule has 1 heterocycles. The summed E-state index contributed by atoms with van der Waals surface area (Å²) in [7, 11) is 0. The molecule has 20 heavy (non-hydrogen) atoms. The molecule has 0 aliphatic rings. The van der Waals surface area contributed by atoms with Gasteiger partial charge in [-0.25, -0.2) is 0 Å². The highest BCUT2D eigenvalue weighted by molar-refractivity contribution is 7.99. The summed E-state index contributed by atoms with van der Waals surface area (Å²) < 4.78 is 1.95. The molecule has 1 amide bonds. The Labute approximate surface area is 121 Å². The molecule has 104 valence electrons. The van der Waals surface area contributed by atoms with E-state index >= 15 is 0 Å². The highest BCUT2D eigenvalue weighted by atomic mass is 32.2. The fourth-order valence-electron chi connectivity index (χ4n) is 1.78. The molecule has 0 bridgehead atoms. The quantitative estimate of drug-likeness (QED) is 0.621. The van der Waals surface area contributed by atoms with Gasteiger partial charge in [0.2, 0.25) is 5.91 Å². The van der Waals surface area contributed by atoms with Crippen LogP contribution in [0.1, 0.15) is 11.4 Å². The molecular weight excluding hydrogens is 272 g/mol. The minimum Gasteiger partial charge on any atom is -0.369 e. The summed E-state index contributed by atoms with van der Waals surface area (Å²) in [5.41, 5.74) is 6.32. The number of allylic oxidation sites excluding steroid dienone is 1. The van der Waals surface area contributed by atoms with Gasteiger partial charge in [0, 0.05) is 13.0 Å². The van der Waals surface area contributed by atoms with E-state index in [1.807, 2.05) is 34.9 Å². The van der Waals surface area contributed by atoms with Crippen molar-refractivity contribution >= 4 is 17.7 Å². The number of primary amides is 1. The number of aromatic nitrogens is 3. The van der Waals surface area contributed by atoms with E-state index in [9.17, 15) is 4.79 Å². The van der Waals surface area contributed by atoms with E-state index in [0.717, 1.165) is 11.4 Å². The summed E-state index contributed by atoms with van der Waals surface area (Å²) in [4.78, 5) is 10.9. The SMILES string of the molecule is C=CCn1c(Cc2ccccc2)nnc1SCC(N)=O. The molecule has 2 aromatic rings. The summed E-state index contributed by atoms with van der Waals surface area (Å²) in [6.45, 7) is 4.35. The van der Waals surface area contributed by atoms with Crippen LogP contribution < -0.4 is 5.73 Å². The van der Waals surface area contributed by atoms with E-state index in [0.29, 0.717) is 18.1 Å². The number of nitrogens with zero attached hydrogens (tertiary/aromatic N) is 3. The Hall–Kier alpha value is -2.08. The smallest absolute Gasteiger partial charge is 0.227 e. The minimum absolute atomic E-state index is 0.195. The molecule has 0 saturated heterocycles. The largest absolute Gasteiger partial charge is 0.369 e. The van der Waals surface area contributed by atoms with Crippen molar-refractivity contribution in [3.8, 4) is 0 Å². The van der Waals surface area contributed by atoms with E-state index in [2.05, 4.69) is 16.8 Å². The second kappa shape index (κ2) is 6.91. The summed E-state index contributed by atoms with van der Waals surface area (Å²) in [6, 6.07) is 10.1. The van der Waals surface area contributed by atoms with Gasteiger partial charge in [-0.2, -0.15) is 0 Å². The van der Waals surface area contributed by atoms with Gasteiger partial charge in [-0.1, -0.05) is 48.2 Å². The third kappa shape index (κ3) is 3.71. The van der Waals surface area contributed by atoms with E-state index in [1.165, 1.54) is 11.8 Å². The predicted octanol–water partition coefficient (Wildman–Crippen LogP) is 1.63. The lowest BCUT2D eigenvalue weighted by molar-refractivity contribution is -0.115. The molecule has 0 atom stereocenters. The number of carbonyl (C=O) groups is 1. The van der Waals surface area contributed by atoms with Crippen molar-refractivity contribution in [2.45, 2.75) is 18.1 Å². The number of amides is 1. The van der Waals surface area contributed by atoms with Crippen LogP contribution in [0.15, 0.2) is 48.1 Å². The van der Waals surface area contributed by atoms with Gasteiger partial charge >= 0.3 is 0 Å². The first-order valence-corrected chi connectivity index (χ1v) is 7.17. The van der Waals surface area contributed by atoms with Gasteiger partial charge < -0.3 is 10.3 Å². The molecule has 0 spiro atoms. The van der Waals surface area contributed by atoms with Gasteiger partial charge in [-0.15, -0.1) is 16.8 Å². The van der Waals surface area contributed by atoms with E-state index in [4.69, 9.17) is 5.73 Å². The summed E-state index contributed by atoms with van der Waals surface area (Å²) in [5.74, 6) is 0.677. The van der Waals surface area contributed by atoms with Crippen molar-refractivity contribution in [3.63, 3.8) is 0 Å². The average molecular weight is 288 g/mol. The maximum atomic E-state index is 10.9. The number of carbonyl (C=O) groups excluding carboxylic acids is 1. The Morgan fingerprint density at radius 2 is 2.10 bits per heavy atom. The van der Waals surface area contributed by atoms with Crippen molar-refractivity contribution in [1.82, 2.24) is 14.8 Å². The highest BCUT2D eigenvalue weighted by Gasteiger charge is 2.12. The summed E-state index contributed by atoms with van der Waals surface area (Å²) in [6.07, 6.45) is 2.48. The van der Waals surface area contributed by atoms with E-state index in [1.54, 1.807) is 6.08 Å². The first-order chi connectivity index (χ1) is 9.70. The fraction of sp³-hybridized carbons (Fsp3) is 0.214. The van der Waals surface area contributed by atoms with Crippen molar-refractivity contribution in [3.05, 3.63) is 54.4 Å². The maximum absolute atomic E-state index is 10.9. The molecule has 2 N–H and O–H groups in total. The van der Waals surface area contributed by atoms with Gasteiger partial charge in [0.1, 0.15) is 5.82 Å². The monoisotopic (exact) mass is 288 g/mol. The molecular formula is C14H16N4OS. The van der Waals surface area contributed by atoms with E-state index in [-0.39, 0.29) is 11.7 Å². The zero-order chi connectivity index (χ0) is 14.4. The Morgan fingerprint density at radius 3 is 2.75 bits per heavy atom. The van der Waals surface area contributed by atoms with Crippen LogP contribution in [0, 0.1) is 0 Å². The first kappa shape index (κ1) is 14.3. The summed E-state index contributed by atoms with van der Waals surface area (Å²) >= 11 is 1.29. The lowest BCUT2D eigenvalue weighted by Gasteiger charge is -2.07. The maximum Gasteiger partial charge on any atom is 0.227 e. The number of hydrogen-bond acceptors (Lipinski definition) is 4. The molecule has 0 fully saturated rings. The van der Waals surface area contributed by atoms with Crippen LogP contribution >= 0.6 is 11.8 Å². The molecule has 0 saturated carbocycles. The molecule has 0 aliphatic carbocycles. The Bertz CT molecular complexity index is 594. The second-order valence-electron chi connectivity index (χ2n) is 4.22. The number of benzene rings is 1. The molecule has 0 aliphatic heterocycles. The van der Waals surface area contributed by atoms with Crippen LogP contribution in [-0.4, -0.2) is 26.4 Å². The first-order valence-electron chi connectivity index (χ1n) is 6.18. The zero-order valence-electron chi connectivity index (χ0n) is 11.0. The molecule has 5 nitrogen and oxygen atoms in total. The average Bonchev–Trinajstić information content (AvgIpc) is 2.81. The molecule has 1 aromatic heterocycles. The van der Waals surface area contributed by atoms with Crippen LogP contribution in [0.2, 0.25) is 0 Å². The van der Waals surface area contributed by atoms with E-state index < -0.39 is 0 Å². The van der Waals surface area contributed by atoms with Gasteiger partial charge in [0.15, 0.2) is 5.16 Å². The van der Waals surface area contributed by atoms with Gasteiger partial charge in [0.05, 0.1) is 5.75 Å². The number of thioether (sulfide) groups is 1. The topological polar surface area (TPSA) is 73.8 Å². The highest BCUT2D eigenvalue weighted by Crippen LogP contribution is 2.18. The van der Waals surface area contributed by atoms with Crippen molar-refractivity contribution in [2.75, 3.05) is 5.75 Å². The van der Waals surface area contributed by atoms with Crippen LogP contribution in [0.3, 0.4) is 0 Å². The van der Waals surface area contributed by atoms with Crippen molar-refractivity contribution in [2.24, 2.45) is 5.73 Å². The van der Waals surface area contributed by atoms with Crippen LogP contribution in [-0.2, 0) is 17.8 Å². The predicted molar refractivity (Wildman–Crippen MR) is 79.4 cm³/mol. The molecule has 1 aromatic carbocycles. The standard InChI is InChI=1S/C14H16N4OS/c1-2-8-18-13(9-11-6-4-3-5-7-11)16-17-14(18)20-10-12(15)19/h2-7H,1,8-10H2,(H2,15,19). The van der Waals surface area contributed by atoms with Crippen LogP contribution in [0.5, 0.6) is 0 Å². The number of rotatable bonds is 7. The Kier molecular flexibility index (Phi) is 4.95. The lowest BCUT2D eigenvalue weighted by atomic mass is 10.1. The lowest BCUT2D eigenvalue weighted by Crippen LogP contribution is -2.14. The molecule has 0 radical (unpaired) electrons. The third-order valence-electron chi connectivity index (χ3n) is 2.65. The van der Waals surface area contributed by atoms with Crippen LogP contribution in [0.25, 0.3) is 0 Å². The Morgan fingerprint density at radius 1 is 1.35 bits per heavy atom. The van der Waals surface area contributed by atoms with Gasteiger partial charge in [-0.3, -0.25) is 4.79 Å². The molecule has 2 rings (SSSR count). The van der Waals surface area contributed by atoms with Crippen LogP contribution in [0.4, 0.5) is 0 Å². The van der Waals surface area contributed by atoms with Gasteiger partial charge in [0.25, 0.3) is 0 Å². The minimum atomic E-state index is -0.368. The van der Waals surface area contributed by atoms with Crippen molar-refractivity contribution in [1.29, 1.82) is 0 Å². The number of nitrogens with two attached hydrogens (primary N) is 1.